The van der Waals surface area contributed by atoms with Crippen LogP contribution in [-0.2, 0) is 22.4 Å². The fraction of sp³-hybridized carbons (Fsp3) is 0.300. The number of hydrogen-bond acceptors (Lipinski definition) is 3. The Morgan fingerprint density at radius 2 is 1.64 bits per heavy atom. The van der Waals surface area contributed by atoms with Crippen molar-refractivity contribution in [1.29, 1.82) is 0 Å². The Morgan fingerprint density at radius 3 is 2.36 bits per heavy atom. The van der Waals surface area contributed by atoms with E-state index < -0.39 is 6.04 Å². The maximum Gasteiger partial charge on any atom is 0.246 e. The minimum atomic E-state index is -0.407. The Hall–Kier alpha value is -2.17. The van der Waals surface area contributed by atoms with E-state index in [4.69, 9.17) is 11.6 Å². The summed E-state index contributed by atoms with van der Waals surface area (Å²) in [6, 6.07) is 17.1. The van der Waals surface area contributed by atoms with E-state index in [2.05, 4.69) is 5.32 Å². The minimum absolute atomic E-state index is 0.0927. The van der Waals surface area contributed by atoms with Gasteiger partial charge in [-0.2, -0.15) is 0 Å². The number of rotatable bonds is 7. The van der Waals surface area contributed by atoms with E-state index in [1.165, 1.54) is 4.90 Å². The molecule has 0 spiro atoms. The molecule has 2 aromatic carbocycles. The van der Waals surface area contributed by atoms with E-state index in [9.17, 15) is 9.59 Å². The Labute approximate surface area is 152 Å². The molecule has 4 nitrogen and oxygen atoms in total. The van der Waals surface area contributed by atoms with Gasteiger partial charge < -0.3 is 5.32 Å². The zero-order valence-corrected chi connectivity index (χ0v) is 14.7. The van der Waals surface area contributed by atoms with Crippen LogP contribution in [0.4, 0.5) is 0 Å². The summed E-state index contributed by atoms with van der Waals surface area (Å²) in [6.07, 6.45) is 1.73. The Balaban J connectivity index is 1.48. The van der Waals surface area contributed by atoms with Gasteiger partial charge in [0, 0.05) is 11.6 Å². The quantitative estimate of drug-likeness (QED) is 0.776. The van der Waals surface area contributed by atoms with Crippen molar-refractivity contribution in [2.45, 2.75) is 25.3 Å². The summed E-state index contributed by atoms with van der Waals surface area (Å²) < 4.78 is 0. The highest BCUT2D eigenvalue weighted by Crippen LogP contribution is 2.15. The van der Waals surface area contributed by atoms with Gasteiger partial charge in [0.15, 0.2) is 0 Å². The highest BCUT2D eigenvalue weighted by molar-refractivity contribution is 6.30. The first-order valence-electron chi connectivity index (χ1n) is 8.49. The highest BCUT2D eigenvalue weighted by Gasteiger charge is 2.37. The maximum atomic E-state index is 12.4. The first kappa shape index (κ1) is 17.6. The molecule has 1 saturated heterocycles. The summed E-state index contributed by atoms with van der Waals surface area (Å²) in [5.74, 6) is -0.207. The number of hydrogen-bond donors (Lipinski definition) is 1. The molecule has 3 rings (SSSR count). The smallest absolute Gasteiger partial charge is 0.246 e. The molecule has 0 radical (unpaired) electrons. The second-order valence-electron chi connectivity index (χ2n) is 6.21. The van der Waals surface area contributed by atoms with E-state index in [-0.39, 0.29) is 18.2 Å². The van der Waals surface area contributed by atoms with E-state index in [1.807, 2.05) is 54.6 Å². The lowest BCUT2D eigenvalue weighted by Gasteiger charge is -2.15. The van der Waals surface area contributed by atoms with Gasteiger partial charge in [-0.25, -0.2) is 0 Å². The van der Waals surface area contributed by atoms with Crippen LogP contribution in [0.15, 0.2) is 54.6 Å². The van der Waals surface area contributed by atoms with Crippen molar-refractivity contribution in [3.63, 3.8) is 0 Å². The number of nitrogens with one attached hydrogen (secondary N) is 1. The second kappa shape index (κ2) is 8.28. The standard InChI is InChI=1S/C20H21ClN2O2/c21-17-8-6-16(7-9-17)10-12-22-18-14-19(24)23(20(18)25)13-11-15-4-2-1-3-5-15/h1-9,18,22H,10-14H2/t18-/m1/s1. The molecule has 25 heavy (non-hydrogen) atoms. The average molecular weight is 357 g/mol. The number of halogens is 1. The molecule has 0 aliphatic carbocycles. The largest absolute Gasteiger partial charge is 0.305 e. The van der Waals surface area contributed by atoms with E-state index in [0.29, 0.717) is 24.5 Å². The SMILES string of the molecule is O=C1C[C@@H](NCCc2ccc(Cl)cc2)C(=O)N1CCc1ccccc1. The number of benzene rings is 2. The van der Waals surface area contributed by atoms with Crippen molar-refractivity contribution in [3.05, 3.63) is 70.7 Å². The van der Waals surface area contributed by atoms with Crippen LogP contribution in [-0.4, -0.2) is 35.8 Å². The summed E-state index contributed by atoms with van der Waals surface area (Å²) in [7, 11) is 0. The van der Waals surface area contributed by atoms with E-state index in [0.717, 1.165) is 17.5 Å². The van der Waals surface area contributed by atoms with Gasteiger partial charge in [-0.05, 0) is 42.6 Å². The minimum Gasteiger partial charge on any atom is -0.305 e. The summed E-state index contributed by atoms with van der Waals surface area (Å²) >= 11 is 5.87. The summed E-state index contributed by atoms with van der Waals surface area (Å²) in [4.78, 5) is 26.0. The van der Waals surface area contributed by atoms with E-state index >= 15 is 0 Å². The number of carbonyl (C=O) groups is 2. The lowest BCUT2D eigenvalue weighted by molar-refractivity contribution is -0.138. The fourth-order valence-corrected chi connectivity index (χ4v) is 3.13. The molecule has 0 unspecified atom stereocenters. The zero-order chi connectivity index (χ0) is 17.6. The predicted molar refractivity (Wildman–Crippen MR) is 98.4 cm³/mol. The zero-order valence-electron chi connectivity index (χ0n) is 14.0. The molecule has 0 saturated carbocycles. The first-order valence-corrected chi connectivity index (χ1v) is 8.87. The van der Waals surface area contributed by atoms with Gasteiger partial charge in [0.1, 0.15) is 0 Å². The van der Waals surface area contributed by atoms with Crippen LogP contribution >= 0.6 is 11.6 Å². The van der Waals surface area contributed by atoms with Gasteiger partial charge in [0.2, 0.25) is 11.8 Å². The molecule has 130 valence electrons. The van der Waals surface area contributed by atoms with Crippen LogP contribution in [0.5, 0.6) is 0 Å². The van der Waals surface area contributed by atoms with Crippen molar-refractivity contribution >= 4 is 23.4 Å². The fourth-order valence-electron chi connectivity index (χ4n) is 3.00. The predicted octanol–water partition coefficient (Wildman–Crippen LogP) is 2.84. The molecule has 2 aromatic rings. The molecule has 1 fully saturated rings. The van der Waals surface area contributed by atoms with Crippen molar-refractivity contribution in [2.75, 3.05) is 13.1 Å². The molecule has 5 heteroatoms. The molecule has 1 aliphatic heterocycles. The molecule has 1 atom stereocenters. The molecule has 1 N–H and O–H groups in total. The Bertz CT molecular complexity index is 731. The molecule has 1 heterocycles. The lowest BCUT2D eigenvalue weighted by Crippen LogP contribution is -2.40. The van der Waals surface area contributed by atoms with Crippen LogP contribution in [0.2, 0.25) is 5.02 Å². The van der Waals surface area contributed by atoms with Crippen LogP contribution in [0, 0.1) is 0 Å². The van der Waals surface area contributed by atoms with Gasteiger partial charge in [-0.1, -0.05) is 54.1 Å². The topological polar surface area (TPSA) is 49.4 Å². The molecule has 0 bridgehead atoms. The third-order valence-corrected chi connectivity index (χ3v) is 4.68. The van der Waals surface area contributed by atoms with E-state index in [1.54, 1.807) is 0 Å². The maximum absolute atomic E-state index is 12.4. The number of amides is 2. The lowest BCUT2D eigenvalue weighted by atomic mass is 10.1. The van der Waals surface area contributed by atoms with Crippen molar-refractivity contribution < 1.29 is 9.59 Å². The Morgan fingerprint density at radius 1 is 0.960 bits per heavy atom. The third kappa shape index (κ3) is 4.68. The summed E-state index contributed by atoms with van der Waals surface area (Å²) in [5, 5.41) is 3.92. The van der Waals surface area contributed by atoms with Crippen LogP contribution in [0.1, 0.15) is 17.5 Å². The van der Waals surface area contributed by atoms with Crippen molar-refractivity contribution in [1.82, 2.24) is 10.2 Å². The number of imide groups is 1. The van der Waals surface area contributed by atoms with Crippen LogP contribution < -0.4 is 5.32 Å². The first-order chi connectivity index (χ1) is 12.1. The van der Waals surface area contributed by atoms with Crippen LogP contribution in [0.3, 0.4) is 0 Å². The molecule has 0 aromatic heterocycles. The van der Waals surface area contributed by atoms with Crippen molar-refractivity contribution in [2.24, 2.45) is 0 Å². The summed E-state index contributed by atoms with van der Waals surface area (Å²) in [5.41, 5.74) is 2.27. The molecule has 1 aliphatic rings. The summed E-state index contributed by atoms with van der Waals surface area (Å²) in [6.45, 7) is 1.09. The molecule has 2 amide bonds. The number of carbonyl (C=O) groups excluding carboxylic acids is 2. The molecular weight excluding hydrogens is 336 g/mol. The monoisotopic (exact) mass is 356 g/mol. The van der Waals surface area contributed by atoms with Gasteiger partial charge >= 0.3 is 0 Å². The number of nitrogens with zero attached hydrogens (tertiary/aromatic N) is 1. The third-order valence-electron chi connectivity index (χ3n) is 4.43. The van der Waals surface area contributed by atoms with Gasteiger partial charge in [0.05, 0.1) is 12.5 Å². The average Bonchev–Trinajstić information content (AvgIpc) is 2.89. The van der Waals surface area contributed by atoms with Gasteiger partial charge in [0.25, 0.3) is 0 Å². The normalized spacial score (nSPS) is 17.3. The second-order valence-corrected chi connectivity index (χ2v) is 6.64. The van der Waals surface area contributed by atoms with Crippen LogP contribution in [0.25, 0.3) is 0 Å². The van der Waals surface area contributed by atoms with Crippen molar-refractivity contribution in [3.8, 4) is 0 Å². The van der Waals surface area contributed by atoms with Gasteiger partial charge in [-0.3, -0.25) is 14.5 Å². The molecular formula is C20H21ClN2O2. The highest BCUT2D eigenvalue weighted by atomic mass is 35.5. The Kier molecular flexibility index (Phi) is 5.84. The van der Waals surface area contributed by atoms with Gasteiger partial charge in [-0.15, -0.1) is 0 Å². The number of likely N-dealkylation sites (tertiary alicyclic amines) is 1.